The van der Waals surface area contributed by atoms with Gasteiger partial charge in [-0.05, 0) is 12.5 Å². The topological polar surface area (TPSA) is 62.3 Å². The summed E-state index contributed by atoms with van der Waals surface area (Å²) in [6, 6.07) is 3.09. The lowest BCUT2D eigenvalue weighted by molar-refractivity contribution is 0.419. The molecule has 1 aromatic rings. The lowest BCUT2D eigenvalue weighted by Gasteiger charge is -2.20. The smallest absolute Gasteiger partial charge is 0.243 e. The Morgan fingerprint density at radius 1 is 1.39 bits per heavy atom. The highest BCUT2D eigenvalue weighted by molar-refractivity contribution is 7.89. The average Bonchev–Trinajstić information content (AvgIpc) is 2.39. The number of rotatable bonds is 7. The first-order chi connectivity index (χ1) is 8.56. The third kappa shape index (κ3) is 3.43. The Balaban J connectivity index is 3.02. The fourth-order valence-electron chi connectivity index (χ4n) is 1.64. The summed E-state index contributed by atoms with van der Waals surface area (Å²) in [6.45, 7) is 4.95. The summed E-state index contributed by atoms with van der Waals surface area (Å²) < 4.78 is 26.3. The first-order valence-corrected chi connectivity index (χ1v) is 7.64. The van der Waals surface area contributed by atoms with Crippen molar-refractivity contribution in [2.45, 2.75) is 31.6 Å². The van der Waals surface area contributed by atoms with Crippen molar-refractivity contribution in [3.8, 4) is 0 Å². The Hall–Kier alpha value is -1.14. The molecule has 1 heterocycles. The summed E-state index contributed by atoms with van der Waals surface area (Å²) in [6.07, 6.45) is 3.35. The van der Waals surface area contributed by atoms with Crippen molar-refractivity contribution in [3.63, 3.8) is 0 Å². The maximum absolute atomic E-state index is 12.4. The summed E-state index contributed by atoms with van der Waals surface area (Å²) >= 11 is 0. The highest BCUT2D eigenvalue weighted by Crippen LogP contribution is 2.18. The van der Waals surface area contributed by atoms with Crippen molar-refractivity contribution in [1.29, 1.82) is 0 Å². The van der Waals surface area contributed by atoms with Gasteiger partial charge in [0.1, 0.15) is 5.82 Å². The molecule has 5 nitrogen and oxygen atoms in total. The van der Waals surface area contributed by atoms with Crippen molar-refractivity contribution >= 4 is 15.8 Å². The van der Waals surface area contributed by atoms with Crippen LogP contribution in [0, 0.1) is 0 Å². The van der Waals surface area contributed by atoms with E-state index in [0.29, 0.717) is 23.8 Å². The molecule has 0 unspecified atom stereocenters. The molecule has 1 N–H and O–H groups in total. The zero-order chi connectivity index (χ0) is 13.6. The van der Waals surface area contributed by atoms with Crippen LogP contribution >= 0.6 is 0 Å². The van der Waals surface area contributed by atoms with E-state index in [2.05, 4.69) is 10.3 Å². The molecule has 0 aliphatic heterocycles. The number of sulfonamides is 1. The Kier molecular flexibility index (Phi) is 5.55. The number of unbranched alkanes of at least 4 members (excludes halogenated alkanes) is 1. The van der Waals surface area contributed by atoms with Gasteiger partial charge in [0.05, 0.1) is 4.90 Å². The van der Waals surface area contributed by atoms with E-state index in [4.69, 9.17) is 0 Å². The first kappa shape index (κ1) is 14.9. The maximum Gasteiger partial charge on any atom is 0.243 e. The maximum atomic E-state index is 12.4. The molecule has 0 aliphatic rings. The molecular weight excluding hydrogens is 250 g/mol. The molecule has 0 saturated heterocycles. The van der Waals surface area contributed by atoms with Crippen LogP contribution in [0.25, 0.3) is 0 Å². The SMILES string of the molecule is CCCCN(CC)S(=O)(=O)c1ccnc(NC)c1. The highest BCUT2D eigenvalue weighted by atomic mass is 32.2. The third-order valence-electron chi connectivity index (χ3n) is 2.74. The minimum absolute atomic E-state index is 0.291. The number of hydrogen-bond acceptors (Lipinski definition) is 4. The second-order valence-corrected chi connectivity index (χ2v) is 5.91. The van der Waals surface area contributed by atoms with Crippen LogP contribution in [0.15, 0.2) is 23.2 Å². The number of nitrogens with one attached hydrogen (secondary N) is 1. The van der Waals surface area contributed by atoms with Crippen LogP contribution in [0.5, 0.6) is 0 Å². The van der Waals surface area contributed by atoms with Gasteiger partial charge in [0, 0.05) is 32.4 Å². The predicted molar refractivity (Wildman–Crippen MR) is 73.1 cm³/mol. The second-order valence-electron chi connectivity index (χ2n) is 3.98. The molecule has 6 heteroatoms. The molecule has 0 radical (unpaired) electrons. The van der Waals surface area contributed by atoms with Gasteiger partial charge in [0.2, 0.25) is 10.0 Å². The molecule has 0 bridgehead atoms. The van der Waals surface area contributed by atoms with Gasteiger partial charge in [-0.3, -0.25) is 0 Å². The van der Waals surface area contributed by atoms with Crippen molar-refractivity contribution in [3.05, 3.63) is 18.3 Å². The van der Waals surface area contributed by atoms with Gasteiger partial charge in [-0.25, -0.2) is 13.4 Å². The van der Waals surface area contributed by atoms with Gasteiger partial charge >= 0.3 is 0 Å². The minimum Gasteiger partial charge on any atom is -0.373 e. The molecule has 0 spiro atoms. The van der Waals surface area contributed by atoms with E-state index in [-0.39, 0.29) is 0 Å². The van der Waals surface area contributed by atoms with E-state index in [1.807, 2.05) is 13.8 Å². The van der Waals surface area contributed by atoms with Crippen LogP contribution < -0.4 is 5.32 Å². The second kappa shape index (κ2) is 6.70. The first-order valence-electron chi connectivity index (χ1n) is 6.20. The number of anilines is 1. The molecule has 0 fully saturated rings. The minimum atomic E-state index is -3.40. The van der Waals surface area contributed by atoms with Gasteiger partial charge in [0.15, 0.2) is 0 Å². The summed E-state index contributed by atoms with van der Waals surface area (Å²) in [5.41, 5.74) is 0. The van der Waals surface area contributed by atoms with Gasteiger partial charge in [-0.1, -0.05) is 20.3 Å². The summed E-state index contributed by atoms with van der Waals surface area (Å²) in [7, 11) is -1.69. The Bertz CT molecular complexity index is 474. The molecule has 0 atom stereocenters. The largest absolute Gasteiger partial charge is 0.373 e. The van der Waals surface area contributed by atoms with Crippen LogP contribution in [-0.4, -0.2) is 37.8 Å². The van der Waals surface area contributed by atoms with E-state index in [1.165, 1.54) is 16.6 Å². The van der Waals surface area contributed by atoms with E-state index in [9.17, 15) is 8.42 Å². The lowest BCUT2D eigenvalue weighted by Crippen LogP contribution is -2.31. The predicted octanol–water partition coefficient (Wildman–Crippen LogP) is 1.93. The molecule has 102 valence electrons. The van der Waals surface area contributed by atoms with Crippen molar-refractivity contribution in [2.24, 2.45) is 0 Å². The van der Waals surface area contributed by atoms with Crippen LogP contribution in [0.2, 0.25) is 0 Å². The summed E-state index contributed by atoms with van der Waals surface area (Å²) in [4.78, 5) is 4.32. The number of pyridine rings is 1. The zero-order valence-electron chi connectivity index (χ0n) is 11.2. The van der Waals surface area contributed by atoms with Gasteiger partial charge in [-0.2, -0.15) is 4.31 Å². The Morgan fingerprint density at radius 2 is 2.11 bits per heavy atom. The van der Waals surface area contributed by atoms with E-state index in [1.54, 1.807) is 13.1 Å². The van der Waals surface area contributed by atoms with E-state index in [0.717, 1.165) is 12.8 Å². The standard InChI is InChI=1S/C12H21N3O2S/c1-4-6-9-15(5-2)18(16,17)11-7-8-14-12(10-11)13-3/h7-8,10H,4-6,9H2,1-3H3,(H,13,14). The Morgan fingerprint density at radius 3 is 2.67 bits per heavy atom. The van der Waals surface area contributed by atoms with Gasteiger partial charge in [-0.15, -0.1) is 0 Å². The van der Waals surface area contributed by atoms with Crippen LogP contribution in [0.3, 0.4) is 0 Å². The Labute approximate surface area is 109 Å². The quantitative estimate of drug-likeness (QED) is 0.823. The normalized spacial score (nSPS) is 11.8. The molecule has 18 heavy (non-hydrogen) atoms. The molecular formula is C12H21N3O2S. The van der Waals surface area contributed by atoms with Crippen LogP contribution in [0.1, 0.15) is 26.7 Å². The number of nitrogens with zero attached hydrogens (tertiary/aromatic N) is 2. The van der Waals surface area contributed by atoms with Crippen molar-refractivity contribution < 1.29 is 8.42 Å². The average molecular weight is 271 g/mol. The third-order valence-corrected chi connectivity index (χ3v) is 4.71. The number of hydrogen-bond donors (Lipinski definition) is 1. The molecule has 0 amide bonds. The summed E-state index contributed by atoms with van der Waals surface area (Å²) in [5, 5.41) is 2.85. The monoisotopic (exact) mass is 271 g/mol. The molecule has 1 aromatic heterocycles. The molecule has 0 aromatic carbocycles. The fraction of sp³-hybridized carbons (Fsp3) is 0.583. The zero-order valence-corrected chi connectivity index (χ0v) is 12.0. The molecule has 0 saturated carbocycles. The van der Waals surface area contributed by atoms with Crippen molar-refractivity contribution in [2.75, 3.05) is 25.5 Å². The van der Waals surface area contributed by atoms with Crippen LogP contribution in [-0.2, 0) is 10.0 Å². The number of aromatic nitrogens is 1. The van der Waals surface area contributed by atoms with Gasteiger partial charge in [0.25, 0.3) is 0 Å². The van der Waals surface area contributed by atoms with Crippen LogP contribution in [0.4, 0.5) is 5.82 Å². The summed E-state index contributed by atoms with van der Waals surface area (Å²) in [5.74, 6) is 0.558. The highest BCUT2D eigenvalue weighted by Gasteiger charge is 2.22. The lowest BCUT2D eigenvalue weighted by atomic mass is 10.3. The van der Waals surface area contributed by atoms with Crippen molar-refractivity contribution in [1.82, 2.24) is 9.29 Å². The van der Waals surface area contributed by atoms with Gasteiger partial charge < -0.3 is 5.32 Å². The molecule has 0 aliphatic carbocycles. The fourth-order valence-corrected chi connectivity index (χ4v) is 3.14. The van der Waals surface area contributed by atoms with E-state index >= 15 is 0 Å². The van der Waals surface area contributed by atoms with E-state index < -0.39 is 10.0 Å². The molecule has 1 rings (SSSR count).